The first kappa shape index (κ1) is 16.1. The second-order valence-electron chi connectivity index (χ2n) is 7.49. The van der Waals surface area contributed by atoms with Crippen LogP contribution in [-0.2, 0) is 6.42 Å². The van der Waals surface area contributed by atoms with E-state index in [4.69, 9.17) is 0 Å². The molecule has 0 heterocycles. The van der Waals surface area contributed by atoms with Crippen LogP contribution >= 0.6 is 0 Å². The third-order valence-corrected chi connectivity index (χ3v) is 5.24. The Morgan fingerprint density at radius 2 is 1.87 bits per heavy atom. The maximum atomic E-state index is 4.11. The van der Waals surface area contributed by atoms with E-state index in [-0.39, 0.29) is 0 Å². The first-order valence-corrected chi connectivity index (χ1v) is 8.90. The van der Waals surface area contributed by atoms with E-state index >= 15 is 0 Å². The van der Waals surface area contributed by atoms with E-state index in [1.165, 1.54) is 36.0 Å². The number of hydrogen-bond acceptors (Lipinski definition) is 0. The van der Waals surface area contributed by atoms with Crippen molar-refractivity contribution in [2.75, 3.05) is 0 Å². The van der Waals surface area contributed by atoms with Crippen LogP contribution in [0.1, 0.15) is 67.7 Å². The van der Waals surface area contributed by atoms with E-state index in [2.05, 4.69) is 75.9 Å². The Bertz CT molecular complexity index is 678. The maximum Gasteiger partial charge on any atom is -0.00524 e. The van der Waals surface area contributed by atoms with Crippen LogP contribution < -0.4 is 0 Å². The summed E-state index contributed by atoms with van der Waals surface area (Å²) in [4.78, 5) is 0. The van der Waals surface area contributed by atoms with Crippen LogP contribution in [0.2, 0.25) is 0 Å². The summed E-state index contributed by atoms with van der Waals surface area (Å²) < 4.78 is 0. The third-order valence-electron chi connectivity index (χ3n) is 5.24. The molecule has 2 aromatic rings. The van der Waals surface area contributed by atoms with Gasteiger partial charge in [0, 0.05) is 0 Å². The summed E-state index contributed by atoms with van der Waals surface area (Å²) in [5, 5.41) is 0. The first-order valence-electron chi connectivity index (χ1n) is 8.90. The Kier molecular flexibility index (Phi) is 4.71. The number of fused-ring (bicyclic) bond motifs is 1. The molecule has 0 nitrogen and oxygen atoms in total. The van der Waals surface area contributed by atoms with Crippen molar-refractivity contribution in [1.29, 1.82) is 0 Å². The van der Waals surface area contributed by atoms with Gasteiger partial charge in [-0.3, -0.25) is 0 Å². The van der Waals surface area contributed by atoms with E-state index < -0.39 is 0 Å². The topological polar surface area (TPSA) is 0 Å². The number of rotatable bonds is 5. The summed E-state index contributed by atoms with van der Waals surface area (Å²) in [6.07, 6.45) is 3.76. The van der Waals surface area contributed by atoms with Gasteiger partial charge >= 0.3 is 0 Å². The van der Waals surface area contributed by atoms with Crippen molar-refractivity contribution in [3.63, 3.8) is 0 Å². The maximum absolute atomic E-state index is 4.11. The predicted octanol–water partition coefficient (Wildman–Crippen LogP) is 6.58. The van der Waals surface area contributed by atoms with Crippen LogP contribution in [0.4, 0.5) is 0 Å². The average molecular weight is 304 g/mol. The summed E-state index contributed by atoms with van der Waals surface area (Å²) in [6, 6.07) is 18.1. The lowest BCUT2D eigenvalue weighted by atomic mass is 9.82. The van der Waals surface area contributed by atoms with Crippen LogP contribution in [0.3, 0.4) is 0 Å². The van der Waals surface area contributed by atoms with Crippen molar-refractivity contribution < 1.29 is 0 Å². The Morgan fingerprint density at radius 3 is 2.52 bits per heavy atom. The van der Waals surface area contributed by atoms with Crippen LogP contribution in [0, 0.1) is 5.92 Å². The fourth-order valence-electron chi connectivity index (χ4n) is 3.93. The van der Waals surface area contributed by atoms with Gasteiger partial charge in [-0.1, -0.05) is 81.0 Å². The molecule has 2 atom stereocenters. The van der Waals surface area contributed by atoms with Crippen LogP contribution in [0.15, 0.2) is 55.1 Å². The Hall–Kier alpha value is -1.82. The van der Waals surface area contributed by atoms with Gasteiger partial charge in [0.05, 0.1) is 0 Å². The van der Waals surface area contributed by atoms with Crippen LogP contribution in [-0.4, -0.2) is 0 Å². The number of hydrogen-bond donors (Lipinski definition) is 0. The fraction of sp³-hybridized carbons (Fsp3) is 0.391. The molecule has 0 heteroatoms. The highest BCUT2D eigenvalue weighted by Crippen LogP contribution is 2.47. The summed E-state index contributed by atoms with van der Waals surface area (Å²) >= 11 is 0. The highest BCUT2D eigenvalue weighted by atomic mass is 14.4. The van der Waals surface area contributed by atoms with Crippen LogP contribution in [0.5, 0.6) is 0 Å². The number of allylic oxidation sites excluding steroid dienone is 1. The van der Waals surface area contributed by atoms with E-state index in [1.54, 1.807) is 5.56 Å². The van der Waals surface area contributed by atoms with E-state index in [1.807, 2.05) is 0 Å². The third kappa shape index (κ3) is 3.42. The molecule has 0 bridgehead atoms. The monoisotopic (exact) mass is 304 g/mol. The zero-order chi connectivity index (χ0) is 16.4. The standard InChI is InChI=1S/C23H28/c1-16(2)10-12-22-21-13-11-19(17(3)4)14-20(21)15-23(22)18-8-6-5-7-9-18/h5-9,11,13-14,16,22-23H,3,10,12,15H2,1-2,4H3. The first-order chi connectivity index (χ1) is 11.1. The molecule has 0 radical (unpaired) electrons. The molecule has 2 unspecified atom stereocenters. The quantitative estimate of drug-likeness (QED) is 0.585. The van der Waals surface area contributed by atoms with Gasteiger partial charge in [-0.05, 0) is 59.8 Å². The molecule has 0 amide bonds. The van der Waals surface area contributed by atoms with Gasteiger partial charge in [0.25, 0.3) is 0 Å². The molecule has 0 aromatic heterocycles. The molecular formula is C23H28. The molecule has 0 spiro atoms. The van der Waals surface area contributed by atoms with E-state index in [0.717, 1.165) is 11.5 Å². The van der Waals surface area contributed by atoms with Crippen molar-refractivity contribution in [2.24, 2.45) is 5.92 Å². The number of benzene rings is 2. The minimum atomic E-state index is 0.630. The van der Waals surface area contributed by atoms with Gasteiger partial charge in [0.15, 0.2) is 0 Å². The zero-order valence-electron chi connectivity index (χ0n) is 14.7. The van der Waals surface area contributed by atoms with Gasteiger partial charge < -0.3 is 0 Å². The molecule has 1 aliphatic rings. The molecule has 0 aliphatic heterocycles. The van der Waals surface area contributed by atoms with Crippen molar-refractivity contribution in [3.05, 3.63) is 77.4 Å². The Balaban J connectivity index is 1.95. The summed E-state index contributed by atoms with van der Waals surface area (Å²) in [5.74, 6) is 2.06. The zero-order valence-corrected chi connectivity index (χ0v) is 14.7. The van der Waals surface area contributed by atoms with E-state index in [0.29, 0.717) is 11.8 Å². The molecule has 0 saturated carbocycles. The molecular weight excluding hydrogens is 276 g/mol. The van der Waals surface area contributed by atoms with Gasteiger partial charge in [-0.15, -0.1) is 0 Å². The van der Waals surface area contributed by atoms with Gasteiger partial charge in [-0.2, -0.15) is 0 Å². The predicted molar refractivity (Wildman–Crippen MR) is 101 cm³/mol. The molecule has 1 aliphatic carbocycles. The molecule has 0 fully saturated rings. The minimum absolute atomic E-state index is 0.630. The fourth-order valence-corrected chi connectivity index (χ4v) is 3.93. The smallest absolute Gasteiger partial charge is 0.00524 e. The highest BCUT2D eigenvalue weighted by Gasteiger charge is 2.33. The van der Waals surface area contributed by atoms with Gasteiger partial charge in [-0.25, -0.2) is 0 Å². The van der Waals surface area contributed by atoms with Crippen LogP contribution in [0.25, 0.3) is 5.57 Å². The van der Waals surface area contributed by atoms with Gasteiger partial charge in [0.2, 0.25) is 0 Å². The van der Waals surface area contributed by atoms with E-state index in [9.17, 15) is 0 Å². The summed E-state index contributed by atoms with van der Waals surface area (Å²) in [6.45, 7) is 10.9. The van der Waals surface area contributed by atoms with Crippen molar-refractivity contribution >= 4 is 5.57 Å². The van der Waals surface area contributed by atoms with Crippen molar-refractivity contribution in [1.82, 2.24) is 0 Å². The lowest BCUT2D eigenvalue weighted by Crippen LogP contribution is -2.07. The lowest BCUT2D eigenvalue weighted by Gasteiger charge is -2.22. The SMILES string of the molecule is C=C(C)c1ccc2c(c1)CC(c1ccccc1)C2CCC(C)C. The Morgan fingerprint density at radius 1 is 1.13 bits per heavy atom. The average Bonchev–Trinajstić information content (AvgIpc) is 2.91. The normalized spacial score (nSPS) is 19.8. The summed E-state index contributed by atoms with van der Waals surface area (Å²) in [5.41, 5.74) is 7.06. The molecule has 2 aromatic carbocycles. The second kappa shape index (κ2) is 6.74. The largest absolute Gasteiger partial charge is 0.0955 e. The van der Waals surface area contributed by atoms with Crippen molar-refractivity contribution in [2.45, 2.75) is 51.9 Å². The van der Waals surface area contributed by atoms with Gasteiger partial charge in [0.1, 0.15) is 0 Å². The molecule has 3 rings (SSSR count). The molecule has 23 heavy (non-hydrogen) atoms. The van der Waals surface area contributed by atoms with Crippen molar-refractivity contribution in [3.8, 4) is 0 Å². The summed E-state index contributed by atoms with van der Waals surface area (Å²) in [7, 11) is 0. The highest BCUT2D eigenvalue weighted by molar-refractivity contribution is 5.63. The molecule has 0 saturated heterocycles. The minimum Gasteiger partial charge on any atom is -0.0955 e. The lowest BCUT2D eigenvalue weighted by molar-refractivity contribution is 0.465. The molecule has 120 valence electrons. The molecule has 0 N–H and O–H groups in total. The second-order valence-corrected chi connectivity index (χ2v) is 7.49. The Labute approximate surface area is 141 Å².